The molecule has 1 aliphatic rings. The van der Waals surface area contributed by atoms with E-state index in [1.807, 2.05) is 31.4 Å². The van der Waals surface area contributed by atoms with Crippen LogP contribution in [0.15, 0.2) is 30.5 Å². The van der Waals surface area contributed by atoms with Crippen molar-refractivity contribution in [2.45, 2.75) is 6.54 Å². The van der Waals surface area contributed by atoms with E-state index in [2.05, 4.69) is 16.1 Å². The van der Waals surface area contributed by atoms with Crippen LogP contribution in [0.4, 0.5) is 11.5 Å². The van der Waals surface area contributed by atoms with Gasteiger partial charge in [0.1, 0.15) is 12.4 Å². The maximum Gasteiger partial charge on any atom is 0.174 e. The van der Waals surface area contributed by atoms with E-state index in [-0.39, 0.29) is 0 Å². The second-order valence-corrected chi connectivity index (χ2v) is 4.46. The number of fused-ring (bicyclic) bond motifs is 1. The summed E-state index contributed by atoms with van der Waals surface area (Å²) in [4.78, 5) is 2.15. The Morgan fingerprint density at radius 3 is 2.94 bits per heavy atom. The van der Waals surface area contributed by atoms with Gasteiger partial charge in [-0.2, -0.15) is 5.10 Å². The fourth-order valence-corrected chi connectivity index (χ4v) is 2.25. The van der Waals surface area contributed by atoms with E-state index in [0.717, 1.165) is 24.7 Å². The van der Waals surface area contributed by atoms with Crippen LogP contribution in [0.2, 0.25) is 0 Å². The molecular formula is C13H16N4O. The van der Waals surface area contributed by atoms with Crippen LogP contribution in [0.1, 0.15) is 5.56 Å². The molecule has 5 heteroatoms. The maximum absolute atomic E-state index is 5.98. The van der Waals surface area contributed by atoms with Crippen LogP contribution in [0, 0.1) is 0 Å². The van der Waals surface area contributed by atoms with E-state index in [4.69, 9.17) is 10.5 Å². The highest BCUT2D eigenvalue weighted by molar-refractivity contribution is 5.62. The van der Waals surface area contributed by atoms with Gasteiger partial charge in [-0.25, -0.2) is 0 Å². The van der Waals surface area contributed by atoms with Gasteiger partial charge in [-0.05, 0) is 6.07 Å². The monoisotopic (exact) mass is 244 g/mol. The Bertz CT molecular complexity index is 564. The lowest BCUT2D eigenvalue weighted by Gasteiger charge is -2.19. The summed E-state index contributed by atoms with van der Waals surface area (Å²) in [6.07, 6.45) is 1.83. The zero-order valence-corrected chi connectivity index (χ0v) is 10.3. The Balaban J connectivity index is 1.94. The van der Waals surface area contributed by atoms with E-state index < -0.39 is 0 Å². The molecule has 1 aliphatic heterocycles. The first kappa shape index (κ1) is 11.0. The first-order chi connectivity index (χ1) is 8.74. The van der Waals surface area contributed by atoms with Crippen molar-refractivity contribution >= 4 is 11.5 Å². The number of nitrogens with zero attached hydrogens (tertiary/aromatic N) is 3. The normalized spacial score (nSPS) is 14.8. The lowest BCUT2D eigenvalue weighted by molar-refractivity contribution is 0.331. The Labute approximate surface area is 106 Å². The van der Waals surface area contributed by atoms with Crippen LogP contribution in [0.25, 0.3) is 0 Å². The highest BCUT2D eigenvalue weighted by atomic mass is 16.5. The number of nitrogens with two attached hydrogens (primary N) is 1. The summed E-state index contributed by atoms with van der Waals surface area (Å²) in [6.45, 7) is 2.21. The molecule has 2 aromatic rings. The van der Waals surface area contributed by atoms with Crippen LogP contribution < -0.4 is 15.4 Å². The Morgan fingerprint density at radius 2 is 2.17 bits per heavy atom. The smallest absolute Gasteiger partial charge is 0.174 e. The van der Waals surface area contributed by atoms with Crippen LogP contribution in [0.3, 0.4) is 0 Å². The molecule has 5 nitrogen and oxygen atoms in total. The summed E-state index contributed by atoms with van der Waals surface area (Å²) in [7, 11) is 1.88. The SMILES string of the molecule is Cn1cc(N)c(N2CCOc3ccccc3C2)n1. The molecule has 0 fully saturated rings. The van der Waals surface area contributed by atoms with E-state index in [1.54, 1.807) is 4.68 Å². The molecule has 0 unspecified atom stereocenters. The number of hydrogen-bond donors (Lipinski definition) is 1. The quantitative estimate of drug-likeness (QED) is 0.824. The van der Waals surface area contributed by atoms with Crippen molar-refractivity contribution in [3.63, 3.8) is 0 Å². The zero-order valence-electron chi connectivity index (χ0n) is 10.3. The number of hydrogen-bond acceptors (Lipinski definition) is 4. The van der Waals surface area contributed by atoms with Crippen LogP contribution in [0.5, 0.6) is 5.75 Å². The average molecular weight is 244 g/mol. The molecule has 2 heterocycles. The maximum atomic E-state index is 5.98. The molecule has 0 bridgehead atoms. The van der Waals surface area contributed by atoms with E-state index in [1.165, 1.54) is 5.56 Å². The summed E-state index contributed by atoms with van der Waals surface area (Å²) in [5.74, 6) is 1.78. The van der Waals surface area contributed by atoms with Crippen LogP contribution >= 0.6 is 0 Å². The summed E-state index contributed by atoms with van der Waals surface area (Å²) < 4.78 is 7.47. The van der Waals surface area contributed by atoms with Gasteiger partial charge in [-0.1, -0.05) is 18.2 Å². The minimum absolute atomic E-state index is 0.646. The third kappa shape index (κ3) is 1.88. The fraction of sp³-hybridized carbons (Fsp3) is 0.308. The standard InChI is InChI=1S/C13H16N4O/c1-16-9-11(14)13(15-16)17-6-7-18-12-5-3-2-4-10(12)8-17/h2-5,9H,6-8,14H2,1H3. The molecule has 0 radical (unpaired) electrons. The number of para-hydroxylation sites is 1. The first-order valence-corrected chi connectivity index (χ1v) is 5.99. The predicted molar refractivity (Wildman–Crippen MR) is 70.6 cm³/mol. The summed E-state index contributed by atoms with van der Waals surface area (Å²) in [5.41, 5.74) is 7.85. The molecule has 18 heavy (non-hydrogen) atoms. The molecule has 1 aromatic carbocycles. The molecule has 2 N–H and O–H groups in total. The number of aryl methyl sites for hydroxylation is 1. The number of rotatable bonds is 1. The lowest BCUT2D eigenvalue weighted by Crippen LogP contribution is -2.26. The predicted octanol–water partition coefficient (Wildman–Crippen LogP) is 1.40. The number of ether oxygens (including phenoxy) is 1. The largest absolute Gasteiger partial charge is 0.491 e. The molecule has 94 valence electrons. The van der Waals surface area contributed by atoms with Gasteiger partial charge in [0.15, 0.2) is 5.82 Å². The van der Waals surface area contributed by atoms with Gasteiger partial charge in [0.05, 0.1) is 12.2 Å². The van der Waals surface area contributed by atoms with Crippen molar-refractivity contribution in [1.82, 2.24) is 9.78 Å². The van der Waals surface area contributed by atoms with Gasteiger partial charge >= 0.3 is 0 Å². The molecule has 3 rings (SSSR count). The van der Waals surface area contributed by atoms with Crippen LogP contribution in [-0.4, -0.2) is 22.9 Å². The lowest BCUT2D eigenvalue weighted by atomic mass is 10.2. The van der Waals surface area contributed by atoms with Gasteiger partial charge in [0, 0.05) is 25.4 Å². The van der Waals surface area contributed by atoms with E-state index in [0.29, 0.717) is 12.3 Å². The van der Waals surface area contributed by atoms with Crippen molar-refractivity contribution in [3.8, 4) is 5.75 Å². The molecule has 0 amide bonds. The van der Waals surface area contributed by atoms with E-state index in [9.17, 15) is 0 Å². The van der Waals surface area contributed by atoms with Gasteiger partial charge in [-0.15, -0.1) is 0 Å². The van der Waals surface area contributed by atoms with Gasteiger partial charge in [0.25, 0.3) is 0 Å². The van der Waals surface area contributed by atoms with Gasteiger partial charge in [0.2, 0.25) is 0 Å². The highest BCUT2D eigenvalue weighted by Gasteiger charge is 2.19. The third-order valence-corrected chi connectivity index (χ3v) is 3.09. The van der Waals surface area contributed by atoms with Crippen molar-refractivity contribution in [1.29, 1.82) is 0 Å². The van der Waals surface area contributed by atoms with Gasteiger partial charge in [-0.3, -0.25) is 4.68 Å². The Hall–Kier alpha value is -2.17. The van der Waals surface area contributed by atoms with Crippen molar-refractivity contribution < 1.29 is 4.74 Å². The topological polar surface area (TPSA) is 56.3 Å². The molecular weight excluding hydrogens is 228 g/mol. The Morgan fingerprint density at radius 1 is 1.33 bits per heavy atom. The minimum atomic E-state index is 0.646. The average Bonchev–Trinajstić information content (AvgIpc) is 2.59. The second kappa shape index (κ2) is 4.25. The number of benzene rings is 1. The molecule has 0 saturated carbocycles. The van der Waals surface area contributed by atoms with Gasteiger partial charge < -0.3 is 15.4 Å². The zero-order chi connectivity index (χ0) is 12.5. The molecule has 0 spiro atoms. The summed E-state index contributed by atoms with van der Waals surface area (Å²) in [6, 6.07) is 8.09. The molecule has 0 aliphatic carbocycles. The number of anilines is 2. The van der Waals surface area contributed by atoms with Crippen LogP contribution in [-0.2, 0) is 13.6 Å². The molecule has 0 saturated heterocycles. The number of nitrogen functional groups attached to an aromatic ring is 1. The van der Waals surface area contributed by atoms with Crippen molar-refractivity contribution in [3.05, 3.63) is 36.0 Å². The molecule has 0 atom stereocenters. The summed E-state index contributed by atoms with van der Waals surface area (Å²) in [5, 5.41) is 4.41. The molecule has 1 aromatic heterocycles. The fourth-order valence-electron chi connectivity index (χ4n) is 2.25. The summed E-state index contributed by atoms with van der Waals surface area (Å²) >= 11 is 0. The third-order valence-electron chi connectivity index (χ3n) is 3.09. The number of aromatic nitrogens is 2. The minimum Gasteiger partial charge on any atom is -0.491 e. The van der Waals surface area contributed by atoms with Crippen molar-refractivity contribution in [2.24, 2.45) is 7.05 Å². The first-order valence-electron chi connectivity index (χ1n) is 5.99. The Kier molecular flexibility index (Phi) is 2.59. The van der Waals surface area contributed by atoms with Crippen molar-refractivity contribution in [2.75, 3.05) is 23.8 Å². The van der Waals surface area contributed by atoms with E-state index >= 15 is 0 Å². The highest BCUT2D eigenvalue weighted by Crippen LogP contribution is 2.27. The second-order valence-electron chi connectivity index (χ2n) is 4.46.